The largest absolute Gasteiger partial charge is 0.465 e. The van der Waals surface area contributed by atoms with Gasteiger partial charge in [-0.05, 0) is 6.42 Å². The van der Waals surface area contributed by atoms with Crippen molar-refractivity contribution in [2.45, 2.75) is 12.3 Å². The lowest BCUT2D eigenvalue weighted by Gasteiger charge is -2.09. The lowest BCUT2D eigenvalue weighted by atomic mass is 10.1. The molecule has 1 fully saturated rings. The molecule has 0 bridgehead atoms. The van der Waals surface area contributed by atoms with Crippen molar-refractivity contribution in [1.29, 1.82) is 0 Å². The van der Waals surface area contributed by atoms with E-state index in [2.05, 4.69) is 14.7 Å². The van der Waals surface area contributed by atoms with Crippen LogP contribution in [0.1, 0.15) is 18.2 Å². The first-order valence-electron chi connectivity index (χ1n) is 4.20. The Labute approximate surface area is 78.3 Å². The van der Waals surface area contributed by atoms with Crippen molar-refractivity contribution < 1.29 is 14.4 Å². The molecule has 1 unspecified atom stereocenters. The average molecular weight is 199 g/mol. The van der Waals surface area contributed by atoms with Crippen LogP contribution in [0.5, 0.6) is 0 Å². The average Bonchev–Trinajstić information content (AvgIpc) is 2.70. The molecular formula is C7H9N3O4. The summed E-state index contributed by atoms with van der Waals surface area (Å²) in [6, 6.07) is 0. The Hall–Kier alpha value is -1.79. The number of aromatic nitrogens is 2. The van der Waals surface area contributed by atoms with Crippen molar-refractivity contribution >= 4 is 6.09 Å². The van der Waals surface area contributed by atoms with Crippen molar-refractivity contribution in [1.82, 2.24) is 15.0 Å². The third-order valence-electron chi connectivity index (χ3n) is 2.30. The Morgan fingerprint density at radius 1 is 1.71 bits per heavy atom. The molecule has 2 rings (SSSR count). The first-order chi connectivity index (χ1) is 6.66. The minimum atomic E-state index is -0.946. The van der Waals surface area contributed by atoms with E-state index in [0.29, 0.717) is 25.3 Å². The van der Waals surface area contributed by atoms with E-state index in [-0.39, 0.29) is 5.92 Å². The van der Waals surface area contributed by atoms with E-state index < -0.39 is 11.8 Å². The summed E-state index contributed by atoms with van der Waals surface area (Å²) in [5.41, 5.74) is 0. The van der Waals surface area contributed by atoms with Crippen LogP contribution in [-0.2, 0) is 0 Å². The van der Waals surface area contributed by atoms with E-state index in [1.807, 2.05) is 0 Å². The van der Waals surface area contributed by atoms with Gasteiger partial charge in [-0.25, -0.2) is 9.59 Å². The summed E-state index contributed by atoms with van der Waals surface area (Å²) in [6.07, 6.45) is -0.284. The third-order valence-corrected chi connectivity index (χ3v) is 2.30. The van der Waals surface area contributed by atoms with E-state index in [4.69, 9.17) is 5.11 Å². The second-order valence-corrected chi connectivity index (χ2v) is 3.19. The molecule has 1 aliphatic heterocycles. The molecule has 0 radical (unpaired) electrons. The quantitative estimate of drug-likeness (QED) is 0.654. The predicted molar refractivity (Wildman–Crippen MR) is 44.1 cm³/mol. The number of nitrogens with one attached hydrogen (secondary N) is 1. The maximum absolute atomic E-state index is 10.6. The third kappa shape index (κ3) is 1.48. The van der Waals surface area contributed by atoms with Crippen LogP contribution in [0, 0.1) is 0 Å². The highest BCUT2D eigenvalue weighted by atomic mass is 16.5. The maximum Gasteiger partial charge on any atom is 0.438 e. The fraction of sp³-hybridized carbons (Fsp3) is 0.571. The molecule has 0 aliphatic carbocycles. The molecule has 1 aromatic rings. The Morgan fingerprint density at radius 3 is 3.00 bits per heavy atom. The molecule has 0 saturated carbocycles. The summed E-state index contributed by atoms with van der Waals surface area (Å²) in [6.45, 7) is 0.826. The minimum absolute atomic E-state index is 0.0578. The fourth-order valence-electron chi connectivity index (χ4n) is 1.57. The number of hydrogen-bond acceptors (Lipinski definition) is 4. The van der Waals surface area contributed by atoms with Gasteiger partial charge in [0.15, 0.2) is 5.82 Å². The Morgan fingerprint density at radius 2 is 2.50 bits per heavy atom. The summed E-state index contributed by atoms with van der Waals surface area (Å²) in [7, 11) is 0. The molecule has 2 heterocycles. The summed E-state index contributed by atoms with van der Waals surface area (Å²) in [5, 5.41) is 12.2. The lowest BCUT2D eigenvalue weighted by molar-refractivity contribution is 0.155. The number of rotatable bonds is 1. The number of aromatic amines is 1. The van der Waals surface area contributed by atoms with Gasteiger partial charge >= 0.3 is 11.8 Å². The van der Waals surface area contributed by atoms with Crippen LogP contribution in [0.2, 0.25) is 0 Å². The minimum Gasteiger partial charge on any atom is -0.465 e. The van der Waals surface area contributed by atoms with Gasteiger partial charge in [0.05, 0.1) is 0 Å². The van der Waals surface area contributed by atoms with Crippen LogP contribution in [-0.4, -0.2) is 39.3 Å². The standard InChI is InChI=1S/C7H9N3O4/c11-6-8-5(9-14-6)4-1-2-10(3-4)7(12)13/h4H,1-3H2,(H,12,13)(H,8,9,11). The number of hydrogen-bond donors (Lipinski definition) is 2. The summed E-state index contributed by atoms with van der Waals surface area (Å²) < 4.78 is 4.35. The zero-order valence-electron chi connectivity index (χ0n) is 7.27. The van der Waals surface area contributed by atoms with Gasteiger partial charge in [0.25, 0.3) is 0 Å². The van der Waals surface area contributed by atoms with E-state index in [1.54, 1.807) is 0 Å². The van der Waals surface area contributed by atoms with E-state index >= 15 is 0 Å². The fourth-order valence-corrected chi connectivity index (χ4v) is 1.57. The van der Waals surface area contributed by atoms with Crippen LogP contribution >= 0.6 is 0 Å². The van der Waals surface area contributed by atoms with Crippen molar-refractivity contribution in [2.24, 2.45) is 0 Å². The Balaban J connectivity index is 2.09. The zero-order valence-corrected chi connectivity index (χ0v) is 7.27. The number of nitrogens with zero attached hydrogens (tertiary/aromatic N) is 2. The van der Waals surface area contributed by atoms with Gasteiger partial charge in [-0.1, -0.05) is 5.16 Å². The monoisotopic (exact) mass is 199 g/mol. The molecule has 1 aromatic heterocycles. The molecule has 7 nitrogen and oxygen atoms in total. The number of carboxylic acid groups (broad SMARTS) is 1. The van der Waals surface area contributed by atoms with Crippen LogP contribution in [0.25, 0.3) is 0 Å². The van der Waals surface area contributed by atoms with E-state index in [1.165, 1.54) is 4.90 Å². The van der Waals surface area contributed by atoms with Crippen LogP contribution in [0.4, 0.5) is 4.79 Å². The molecule has 14 heavy (non-hydrogen) atoms. The molecule has 0 aromatic carbocycles. The van der Waals surface area contributed by atoms with Crippen molar-refractivity contribution in [3.63, 3.8) is 0 Å². The molecule has 1 aliphatic rings. The Bertz CT molecular complexity index is 396. The number of amides is 1. The smallest absolute Gasteiger partial charge is 0.438 e. The van der Waals surface area contributed by atoms with E-state index in [9.17, 15) is 9.59 Å². The second-order valence-electron chi connectivity index (χ2n) is 3.19. The van der Waals surface area contributed by atoms with Crippen LogP contribution in [0.3, 0.4) is 0 Å². The lowest BCUT2D eigenvalue weighted by Crippen LogP contribution is -2.26. The highest BCUT2D eigenvalue weighted by Crippen LogP contribution is 2.23. The van der Waals surface area contributed by atoms with Crippen LogP contribution < -0.4 is 5.76 Å². The summed E-state index contributed by atoms with van der Waals surface area (Å²) in [5.74, 6) is -0.231. The van der Waals surface area contributed by atoms with Gasteiger partial charge in [0, 0.05) is 19.0 Å². The molecule has 1 atom stereocenters. The second kappa shape index (κ2) is 3.17. The molecular weight excluding hydrogens is 190 g/mol. The Kier molecular flexibility index (Phi) is 1.99. The first-order valence-corrected chi connectivity index (χ1v) is 4.20. The van der Waals surface area contributed by atoms with Gasteiger partial charge < -0.3 is 10.0 Å². The maximum atomic E-state index is 10.6. The number of likely N-dealkylation sites (tertiary alicyclic amines) is 1. The molecule has 1 amide bonds. The van der Waals surface area contributed by atoms with Gasteiger partial charge in [0.1, 0.15) is 0 Å². The highest BCUT2D eigenvalue weighted by molar-refractivity contribution is 5.65. The molecule has 1 saturated heterocycles. The molecule has 0 spiro atoms. The number of H-pyrrole nitrogens is 1. The zero-order chi connectivity index (χ0) is 10.1. The number of carbonyl (C=O) groups is 1. The first kappa shape index (κ1) is 8.79. The topological polar surface area (TPSA) is 99.4 Å². The SMILES string of the molecule is O=C(O)N1CCC(c2noc(=O)[nH]2)C1. The normalized spacial score (nSPS) is 21.4. The van der Waals surface area contributed by atoms with Gasteiger partial charge in [0.2, 0.25) is 0 Å². The molecule has 7 heteroatoms. The van der Waals surface area contributed by atoms with Crippen molar-refractivity contribution in [3.8, 4) is 0 Å². The highest BCUT2D eigenvalue weighted by Gasteiger charge is 2.29. The van der Waals surface area contributed by atoms with E-state index in [0.717, 1.165) is 0 Å². The molecule has 2 N–H and O–H groups in total. The van der Waals surface area contributed by atoms with Crippen LogP contribution in [0.15, 0.2) is 9.32 Å². The molecule has 76 valence electrons. The van der Waals surface area contributed by atoms with Gasteiger partial charge in [-0.3, -0.25) is 9.51 Å². The van der Waals surface area contributed by atoms with Gasteiger partial charge in [-0.15, -0.1) is 0 Å². The summed E-state index contributed by atoms with van der Waals surface area (Å²) >= 11 is 0. The van der Waals surface area contributed by atoms with Crippen molar-refractivity contribution in [3.05, 3.63) is 16.4 Å². The van der Waals surface area contributed by atoms with Crippen molar-refractivity contribution in [2.75, 3.05) is 13.1 Å². The summed E-state index contributed by atoms with van der Waals surface area (Å²) in [4.78, 5) is 25.0. The van der Waals surface area contributed by atoms with Gasteiger partial charge in [-0.2, -0.15) is 0 Å². The predicted octanol–water partition coefficient (Wildman–Crippen LogP) is -0.170.